The number of aliphatic carboxylic acids is 1. The van der Waals surface area contributed by atoms with E-state index in [0.717, 1.165) is 19.4 Å². The van der Waals surface area contributed by atoms with Gasteiger partial charge in [-0.25, -0.2) is 4.79 Å². The topological polar surface area (TPSA) is 78.9 Å². The lowest BCUT2D eigenvalue weighted by Gasteiger charge is -2.35. The van der Waals surface area contributed by atoms with Crippen LogP contribution in [0.15, 0.2) is 0 Å². The summed E-state index contributed by atoms with van der Waals surface area (Å²) in [5.41, 5.74) is 0. The summed E-state index contributed by atoms with van der Waals surface area (Å²) in [6, 6.07) is 0.626. The van der Waals surface area contributed by atoms with E-state index in [1.807, 2.05) is 0 Å². The van der Waals surface area contributed by atoms with Crippen LogP contribution < -0.4 is 5.32 Å². The van der Waals surface area contributed by atoms with Crippen molar-refractivity contribution in [3.8, 4) is 0 Å². The van der Waals surface area contributed by atoms with Crippen LogP contribution in [-0.4, -0.2) is 59.8 Å². The highest BCUT2D eigenvalue weighted by Gasteiger charge is 2.36. The number of hydrogen-bond acceptors (Lipinski definition) is 4. The molecule has 108 valence electrons. The molecule has 2 saturated heterocycles. The number of amides is 1. The van der Waals surface area contributed by atoms with Gasteiger partial charge in [0.15, 0.2) is 6.10 Å². The fourth-order valence-electron chi connectivity index (χ4n) is 2.73. The maximum atomic E-state index is 12.0. The molecule has 0 spiro atoms. The lowest BCUT2D eigenvalue weighted by molar-refractivity contribution is -0.152. The first kappa shape index (κ1) is 14.3. The molecule has 0 aromatic rings. The van der Waals surface area contributed by atoms with Crippen LogP contribution in [0, 0.1) is 0 Å². The molecule has 4 atom stereocenters. The molecule has 2 fully saturated rings. The molecule has 6 heteroatoms. The van der Waals surface area contributed by atoms with Crippen LogP contribution in [0.1, 0.15) is 32.6 Å². The Labute approximate surface area is 113 Å². The summed E-state index contributed by atoms with van der Waals surface area (Å²) >= 11 is 0. The molecule has 2 heterocycles. The third-order valence-electron chi connectivity index (χ3n) is 4.14. The summed E-state index contributed by atoms with van der Waals surface area (Å²) in [6.45, 7) is 3.11. The smallest absolute Gasteiger partial charge is 0.332 e. The van der Waals surface area contributed by atoms with Gasteiger partial charge in [0, 0.05) is 18.6 Å². The van der Waals surface area contributed by atoms with Crippen LogP contribution >= 0.6 is 0 Å². The first-order chi connectivity index (χ1) is 8.97. The number of carbonyl (C=O) groups is 2. The van der Waals surface area contributed by atoms with Crippen LogP contribution in [-0.2, 0) is 14.3 Å². The van der Waals surface area contributed by atoms with E-state index in [2.05, 4.69) is 24.2 Å². The SMILES string of the molecule is CC1CC(NC(=O)[C@@H]2CC[C@H](C(=O)O)O2)CCN1C. The Balaban J connectivity index is 1.80. The van der Waals surface area contributed by atoms with E-state index in [1.165, 1.54) is 0 Å². The molecule has 6 nitrogen and oxygen atoms in total. The number of likely N-dealkylation sites (tertiary alicyclic amines) is 1. The van der Waals surface area contributed by atoms with Gasteiger partial charge in [-0.3, -0.25) is 4.79 Å². The molecule has 2 rings (SSSR count). The standard InChI is InChI=1S/C13H22N2O4/c1-8-7-9(5-6-15(8)2)14-12(16)10-3-4-11(19-10)13(17)18/h8-11H,3-7H2,1-2H3,(H,14,16)(H,17,18)/t8?,9?,10-,11+/m0/s1. The highest BCUT2D eigenvalue weighted by molar-refractivity contribution is 5.82. The molecule has 2 aliphatic heterocycles. The van der Waals surface area contributed by atoms with Crippen molar-refractivity contribution in [2.45, 2.75) is 56.9 Å². The van der Waals surface area contributed by atoms with E-state index in [9.17, 15) is 9.59 Å². The second-order valence-electron chi connectivity index (χ2n) is 5.59. The molecule has 0 aromatic heterocycles. The van der Waals surface area contributed by atoms with Crippen LogP contribution in [0.4, 0.5) is 0 Å². The second-order valence-corrected chi connectivity index (χ2v) is 5.59. The molecule has 0 aliphatic carbocycles. The maximum absolute atomic E-state index is 12.0. The average molecular weight is 270 g/mol. The third-order valence-corrected chi connectivity index (χ3v) is 4.14. The minimum Gasteiger partial charge on any atom is -0.479 e. The normalized spacial score (nSPS) is 36.1. The van der Waals surface area contributed by atoms with Crippen LogP contribution in [0.2, 0.25) is 0 Å². The van der Waals surface area contributed by atoms with Crippen molar-refractivity contribution in [1.82, 2.24) is 10.2 Å². The predicted molar refractivity (Wildman–Crippen MR) is 68.8 cm³/mol. The van der Waals surface area contributed by atoms with Gasteiger partial charge in [0.05, 0.1) is 0 Å². The van der Waals surface area contributed by atoms with Crippen molar-refractivity contribution in [2.24, 2.45) is 0 Å². The fourth-order valence-corrected chi connectivity index (χ4v) is 2.73. The van der Waals surface area contributed by atoms with Gasteiger partial charge in [0.25, 0.3) is 0 Å². The summed E-state index contributed by atoms with van der Waals surface area (Å²) in [6.07, 6.45) is 1.34. The zero-order chi connectivity index (χ0) is 14.0. The Morgan fingerprint density at radius 1 is 1.26 bits per heavy atom. The van der Waals surface area contributed by atoms with E-state index in [-0.39, 0.29) is 11.9 Å². The van der Waals surface area contributed by atoms with Gasteiger partial charge in [0.2, 0.25) is 5.91 Å². The number of ether oxygens (including phenoxy) is 1. The fraction of sp³-hybridized carbons (Fsp3) is 0.846. The van der Waals surface area contributed by atoms with Crippen LogP contribution in [0.5, 0.6) is 0 Å². The Bertz CT molecular complexity index is 361. The van der Waals surface area contributed by atoms with Gasteiger partial charge in [0.1, 0.15) is 6.10 Å². The molecular formula is C13H22N2O4. The van der Waals surface area contributed by atoms with E-state index in [0.29, 0.717) is 18.9 Å². The first-order valence-corrected chi connectivity index (χ1v) is 6.86. The predicted octanol–water partition coefficient (Wildman–Crippen LogP) is 0.218. The summed E-state index contributed by atoms with van der Waals surface area (Å²) in [7, 11) is 2.08. The number of nitrogens with zero attached hydrogens (tertiary/aromatic N) is 1. The van der Waals surface area contributed by atoms with Gasteiger partial charge >= 0.3 is 5.97 Å². The number of carboxylic acids is 1. The Hall–Kier alpha value is -1.14. The lowest BCUT2D eigenvalue weighted by atomic mass is 9.98. The highest BCUT2D eigenvalue weighted by atomic mass is 16.5. The number of carboxylic acid groups (broad SMARTS) is 1. The van der Waals surface area contributed by atoms with Gasteiger partial charge < -0.3 is 20.1 Å². The molecule has 0 bridgehead atoms. The minimum atomic E-state index is -0.983. The van der Waals surface area contributed by atoms with E-state index >= 15 is 0 Å². The molecular weight excluding hydrogens is 248 g/mol. The van der Waals surface area contributed by atoms with Gasteiger partial charge in [-0.05, 0) is 39.7 Å². The van der Waals surface area contributed by atoms with Gasteiger partial charge in [-0.1, -0.05) is 0 Å². The number of rotatable bonds is 3. The Morgan fingerprint density at radius 3 is 2.53 bits per heavy atom. The van der Waals surface area contributed by atoms with Crippen molar-refractivity contribution in [2.75, 3.05) is 13.6 Å². The lowest BCUT2D eigenvalue weighted by Crippen LogP contribution is -2.49. The zero-order valence-electron chi connectivity index (χ0n) is 11.5. The zero-order valence-corrected chi connectivity index (χ0v) is 11.5. The molecule has 2 unspecified atom stereocenters. The summed E-state index contributed by atoms with van der Waals surface area (Å²) in [5, 5.41) is 11.8. The molecule has 0 radical (unpaired) electrons. The first-order valence-electron chi connectivity index (χ1n) is 6.86. The molecule has 2 aliphatic rings. The maximum Gasteiger partial charge on any atom is 0.332 e. The molecule has 0 saturated carbocycles. The van der Waals surface area contributed by atoms with Crippen molar-refractivity contribution in [1.29, 1.82) is 0 Å². The summed E-state index contributed by atoms with van der Waals surface area (Å²) in [5.74, 6) is -1.14. The monoisotopic (exact) mass is 270 g/mol. The molecule has 0 aromatic carbocycles. The van der Waals surface area contributed by atoms with Gasteiger partial charge in [-0.15, -0.1) is 0 Å². The largest absolute Gasteiger partial charge is 0.479 e. The number of nitrogens with one attached hydrogen (secondary N) is 1. The van der Waals surface area contributed by atoms with E-state index < -0.39 is 18.2 Å². The third kappa shape index (κ3) is 3.45. The Morgan fingerprint density at radius 2 is 1.95 bits per heavy atom. The highest BCUT2D eigenvalue weighted by Crippen LogP contribution is 2.21. The quantitative estimate of drug-likeness (QED) is 0.767. The van der Waals surface area contributed by atoms with Crippen molar-refractivity contribution >= 4 is 11.9 Å². The van der Waals surface area contributed by atoms with Crippen molar-refractivity contribution in [3.63, 3.8) is 0 Å². The number of piperidine rings is 1. The Kier molecular flexibility index (Phi) is 4.42. The van der Waals surface area contributed by atoms with Crippen molar-refractivity contribution < 1.29 is 19.4 Å². The van der Waals surface area contributed by atoms with Gasteiger partial charge in [-0.2, -0.15) is 0 Å². The molecule has 19 heavy (non-hydrogen) atoms. The van der Waals surface area contributed by atoms with Crippen LogP contribution in [0.25, 0.3) is 0 Å². The van der Waals surface area contributed by atoms with Crippen LogP contribution in [0.3, 0.4) is 0 Å². The van der Waals surface area contributed by atoms with E-state index in [1.54, 1.807) is 0 Å². The molecule has 1 amide bonds. The number of hydrogen-bond donors (Lipinski definition) is 2. The summed E-state index contributed by atoms with van der Waals surface area (Å²) < 4.78 is 5.25. The number of carbonyl (C=O) groups excluding carboxylic acids is 1. The van der Waals surface area contributed by atoms with E-state index in [4.69, 9.17) is 9.84 Å². The molecule has 2 N–H and O–H groups in total. The summed E-state index contributed by atoms with van der Waals surface area (Å²) in [4.78, 5) is 25.1. The second kappa shape index (κ2) is 5.88. The average Bonchev–Trinajstić information content (AvgIpc) is 2.83. The van der Waals surface area contributed by atoms with Crippen molar-refractivity contribution in [3.05, 3.63) is 0 Å². The minimum absolute atomic E-state index is 0.162.